The number of nitrogens with zero attached hydrogens (tertiary/aromatic N) is 1. The molecule has 8 heteroatoms. The van der Waals surface area contributed by atoms with Gasteiger partial charge in [-0.3, -0.25) is 0 Å². The second-order valence-corrected chi connectivity index (χ2v) is 8.78. The predicted molar refractivity (Wildman–Crippen MR) is 124 cm³/mol. The first-order valence-electron chi connectivity index (χ1n) is 11.3. The Kier molecular flexibility index (Phi) is 7.14. The molecular weight excluding hydrogens is 459 g/mol. The molecule has 1 aliphatic heterocycles. The Hall–Kier alpha value is -3.36. The number of aliphatic hydroxyl groups excluding tert-OH is 2. The lowest BCUT2D eigenvalue weighted by Gasteiger charge is -2.44. The summed E-state index contributed by atoms with van der Waals surface area (Å²) < 4.78 is 46.7. The molecule has 0 bridgehead atoms. The van der Waals surface area contributed by atoms with E-state index in [9.17, 15) is 28.2 Å². The van der Waals surface area contributed by atoms with Gasteiger partial charge >= 0.3 is 6.09 Å². The molecule has 1 fully saturated rings. The van der Waals surface area contributed by atoms with Crippen molar-refractivity contribution in [3.05, 3.63) is 95.3 Å². The van der Waals surface area contributed by atoms with Gasteiger partial charge in [-0.2, -0.15) is 0 Å². The van der Waals surface area contributed by atoms with Crippen LogP contribution in [-0.4, -0.2) is 40.5 Å². The van der Waals surface area contributed by atoms with Crippen molar-refractivity contribution in [3.8, 4) is 11.1 Å². The summed E-state index contributed by atoms with van der Waals surface area (Å²) in [5.74, 6) is -1.75. The van der Waals surface area contributed by atoms with Crippen LogP contribution in [0.2, 0.25) is 0 Å². The Morgan fingerprint density at radius 3 is 2.26 bits per heavy atom. The van der Waals surface area contributed by atoms with E-state index in [4.69, 9.17) is 4.74 Å². The summed E-state index contributed by atoms with van der Waals surface area (Å²) in [6, 6.07) is 15.5. The van der Waals surface area contributed by atoms with Crippen molar-refractivity contribution in [2.75, 3.05) is 13.2 Å². The lowest BCUT2D eigenvalue weighted by Crippen LogP contribution is -2.50. The highest BCUT2D eigenvalue weighted by molar-refractivity contribution is 5.70. The number of hydrogen-bond donors (Lipinski definition) is 2. The molecule has 4 rings (SSSR count). The minimum absolute atomic E-state index is 0.0268. The molecule has 0 aliphatic carbocycles. The highest BCUT2D eigenvalue weighted by Gasteiger charge is 2.44. The first kappa shape index (κ1) is 24.8. The zero-order valence-corrected chi connectivity index (χ0v) is 19.1. The van der Waals surface area contributed by atoms with Crippen molar-refractivity contribution < 1.29 is 32.9 Å². The Bertz CT molecular complexity index is 1190. The third kappa shape index (κ3) is 5.18. The molecule has 0 saturated carbocycles. The maximum atomic E-state index is 14.1. The minimum Gasteiger partial charge on any atom is -0.438 e. The van der Waals surface area contributed by atoms with Gasteiger partial charge in [-0.05, 0) is 47.9 Å². The zero-order valence-electron chi connectivity index (χ0n) is 19.1. The topological polar surface area (TPSA) is 70.0 Å². The zero-order chi connectivity index (χ0) is 25.2. The lowest BCUT2D eigenvalue weighted by molar-refractivity contribution is -0.0892. The van der Waals surface area contributed by atoms with Crippen LogP contribution in [0.25, 0.3) is 11.1 Å². The van der Waals surface area contributed by atoms with Crippen molar-refractivity contribution in [1.82, 2.24) is 4.90 Å². The predicted octanol–water partition coefficient (Wildman–Crippen LogP) is 5.31. The molecule has 3 atom stereocenters. The summed E-state index contributed by atoms with van der Waals surface area (Å²) in [4.78, 5) is 14.6. The quantitative estimate of drug-likeness (QED) is 0.476. The fraction of sp³-hybridized carbons (Fsp3) is 0.296. The van der Waals surface area contributed by atoms with Crippen LogP contribution in [0, 0.1) is 17.5 Å². The van der Waals surface area contributed by atoms with Crippen LogP contribution in [-0.2, 0) is 10.3 Å². The third-order valence-corrected chi connectivity index (χ3v) is 6.52. The molecule has 35 heavy (non-hydrogen) atoms. The van der Waals surface area contributed by atoms with Crippen molar-refractivity contribution in [2.24, 2.45) is 0 Å². The second-order valence-electron chi connectivity index (χ2n) is 8.78. The average molecular weight is 486 g/mol. The SMILES string of the molecule is C[C@@H](c1ccc(-c2ccc(F)cc2F)cc1)N1CC[C@](C[C@@H](O)CO)(c2ccc(F)cc2)OC1=O. The average Bonchev–Trinajstić information content (AvgIpc) is 2.84. The van der Waals surface area contributed by atoms with E-state index in [0.29, 0.717) is 24.1 Å². The van der Waals surface area contributed by atoms with Gasteiger partial charge in [0.25, 0.3) is 0 Å². The maximum Gasteiger partial charge on any atom is 0.411 e. The maximum absolute atomic E-state index is 14.1. The van der Waals surface area contributed by atoms with Gasteiger partial charge in [0, 0.05) is 31.0 Å². The number of benzene rings is 3. The van der Waals surface area contributed by atoms with E-state index in [0.717, 1.165) is 11.6 Å². The lowest BCUT2D eigenvalue weighted by atomic mass is 9.83. The van der Waals surface area contributed by atoms with Crippen molar-refractivity contribution >= 4 is 6.09 Å². The molecule has 1 heterocycles. The highest BCUT2D eigenvalue weighted by Crippen LogP contribution is 2.40. The van der Waals surface area contributed by atoms with Crippen LogP contribution in [0.3, 0.4) is 0 Å². The molecule has 2 N–H and O–H groups in total. The first-order chi connectivity index (χ1) is 16.7. The first-order valence-corrected chi connectivity index (χ1v) is 11.3. The number of cyclic esters (lactones) is 1. The number of amides is 1. The molecular formula is C27H26F3NO4. The molecule has 0 spiro atoms. The van der Waals surface area contributed by atoms with Crippen LogP contribution in [0.4, 0.5) is 18.0 Å². The Balaban J connectivity index is 1.53. The standard InChI is InChI=1S/C27H26F3NO4/c1-17(18-2-4-19(5-3-18)24-11-10-22(29)14-25(24)30)31-13-12-27(35-26(31)34,15-23(33)16-32)20-6-8-21(28)9-7-20/h2-11,14,17,23,32-33H,12-13,15-16H2,1H3/t17-,23+,27-/m0/s1. The molecule has 184 valence electrons. The van der Waals surface area contributed by atoms with Crippen LogP contribution < -0.4 is 0 Å². The summed E-state index contributed by atoms with van der Waals surface area (Å²) in [7, 11) is 0. The van der Waals surface area contributed by atoms with Gasteiger partial charge < -0.3 is 19.8 Å². The van der Waals surface area contributed by atoms with Gasteiger partial charge in [0.15, 0.2) is 0 Å². The summed E-state index contributed by atoms with van der Waals surface area (Å²) in [6.07, 6.45) is -1.42. The number of ether oxygens (including phenoxy) is 1. The monoisotopic (exact) mass is 485 g/mol. The highest BCUT2D eigenvalue weighted by atomic mass is 19.1. The molecule has 1 saturated heterocycles. The molecule has 1 aliphatic rings. The molecule has 0 radical (unpaired) electrons. The summed E-state index contributed by atoms with van der Waals surface area (Å²) >= 11 is 0. The van der Waals surface area contributed by atoms with Crippen LogP contribution >= 0.6 is 0 Å². The molecule has 3 aromatic rings. The Morgan fingerprint density at radius 1 is 1.00 bits per heavy atom. The van der Waals surface area contributed by atoms with Gasteiger partial charge in [-0.25, -0.2) is 18.0 Å². The number of halogens is 3. The van der Waals surface area contributed by atoms with E-state index < -0.39 is 41.9 Å². The molecule has 5 nitrogen and oxygen atoms in total. The van der Waals surface area contributed by atoms with Gasteiger partial charge in [0.2, 0.25) is 0 Å². The Labute approximate surface area is 201 Å². The number of aliphatic hydroxyl groups is 2. The Morgan fingerprint density at radius 2 is 1.66 bits per heavy atom. The van der Waals surface area contributed by atoms with Gasteiger partial charge in [0.05, 0.1) is 18.8 Å². The second kappa shape index (κ2) is 10.1. The third-order valence-electron chi connectivity index (χ3n) is 6.52. The summed E-state index contributed by atoms with van der Waals surface area (Å²) in [5, 5.41) is 19.5. The van der Waals surface area contributed by atoms with Crippen LogP contribution in [0.1, 0.15) is 36.9 Å². The van der Waals surface area contributed by atoms with Crippen molar-refractivity contribution in [3.63, 3.8) is 0 Å². The van der Waals surface area contributed by atoms with E-state index >= 15 is 0 Å². The smallest absolute Gasteiger partial charge is 0.411 e. The molecule has 0 aromatic heterocycles. The van der Waals surface area contributed by atoms with Gasteiger partial charge in [-0.15, -0.1) is 0 Å². The van der Waals surface area contributed by atoms with Crippen molar-refractivity contribution in [1.29, 1.82) is 0 Å². The minimum atomic E-state index is -1.20. The van der Waals surface area contributed by atoms with E-state index in [-0.39, 0.29) is 18.0 Å². The van der Waals surface area contributed by atoms with Gasteiger partial charge in [0.1, 0.15) is 23.1 Å². The van der Waals surface area contributed by atoms with E-state index in [2.05, 4.69) is 0 Å². The van der Waals surface area contributed by atoms with Crippen LogP contribution in [0.5, 0.6) is 0 Å². The number of hydrogen-bond acceptors (Lipinski definition) is 4. The van der Waals surface area contributed by atoms with Gasteiger partial charge in [-0.1, -0.05) is 36.4 Å². The molecule has 3 aromatic carbocycles. The molecule has 0 unspecified atom stereocenters. The molecule has 1 amide bonds. The fourth-order valence-corrected chi connectivity index (χ4v) is 4.53. The van der Waals surface area contributed by atoms with Crippen molar-refractivity contribution in [2.45, 2.75) is 37.5 Å². The van der Waals surface area contributed by atoms with E-state index in [1.54, 1.807) is 29.2 Å². The number of rotatable bonds is 7. The summed E-state index contributed by atoms with van der Waals surface area (Å²) in [5.41, 5.74) is 0.978. The largest absolute Gasteiger partial charge is 0.438 e. The fourth-order valence-electron chi connectivity index (χ4n) is 4.53. The van der Waals surface area contributed by atoms with E-state index in [1.807, 2.05) is 6.92 Å². The van der Waals surface area contributed by atoms with Crippen LogP contribution in [0.15, 0.2) is 66.7 Å². The summed E-state index contributed by atoms with van der Waals surface area (Å²) in [6.45, 7) is 1.63. The normalized spacial score (nSPS) is 19.8. The number of carbonyl (C=O) groups is 1. The van der Waals surface area contributed by atoms with E-state index in [1.165, 1.54) is 36.4 Å². The number of carbonyl (C=O) groups excluding carboxylic acids is 1.